The van der Waals surface area contributed by atoms with Crippen molar-refractivity contribution >= 4 is 16.8 Å². The van der Waals surface area contributed by atoms with Gasteiger partial charge in [-0.15, -0.1) is 0 Å². The molecule has 2 atom stereocenters. The molecule has 1 aromatic heterocycles. The number of rotatable bonds is 3. The van der Waals surface area contributed by atoms with Crippen molar-refractivity contribution in [3.8, 4) is 0 Å². The van der Waals surface area contributed by atoms with Gasteiger partial charge >= 0.3 is 0 Å². The van der Waals surface area contributed by atoms with Gasteiger partial charge < -0.3 is 15.0 Å². The second-order valence-corrected chi connectivity index (χ2v) is 7.67. The molecule has 6 nitrogen and oxygen atoms in total. The second kappa shape index (κ2) is 6.83. The first kappa shape index (κ1) is 17.2. The fourth-order valence-electron chi connectivity index (χ4n) is 4.43. The first-order chi connectivity index (χ1) is 12.5. The summed E-state index contributed by atoms with van der Waals surface area (Å²) in [6, 6.07) is 7.22. The summed E-state index contributed by atoms with van der Waals surface area (Å²) in [5.41, 5.74) is -0.0765. The predicted octanol–water partition coefficient (Wildman–Crippen LogP) is 2.01. The number of aromatic amines is 1. The molecule has 1 amide bonds. The first-order valence-corrected chi connectivity index (χ1v) is 9.53. The van der Waals surface area contributed by atoms with Gasteiger partial charge in [-0.25, -0.2) is 4.98 Å². The number of para-hydroxylation sites is 1. The fourth-order valence-corrected chi connectivity index (χ4v) is 4.43. The third-order valence-corrected chi connectivity index (χ3v) is 6.02. The highest BCUT2D eigenvalue weighted by Gasteiger charge is 2.43. The summed E-state index contributed by atoms with van der Waals surface area (Å²) < 4.78 is 0. The number of aliphatic hydroxyl groups is 1. The van der Waals surface area contributed by atoms with Crippen LogP contribution in [0.5, 0.6) is 0 Å². The van der Waals surface area contributed by atoms with E-state index in [-0.39, 0.29) is 17.4 Å². The number of amides is 1. The van der Waals surface area contributed by atoms with Gasteiger partial charge in [0.2, 0.25) is 5.91 Å². The smallest absolute Gasteiger partial charge is 0.258 e. The Bertz CT molecular complexity index is 878. The number of piperidine rings is 1. The SMILES string of the molecule is O=C(CCc1nc2ccccc2c(=O)[nH]1)N1CC[C@]2(O)CCCC[C@@H]2C1. The van der Waals surface area contributed by atoms with E-state index < -0.39 is 5.60 Å². The maximum absolute atomic E-state index is 12.6. The standard InChI is InChI=1S/C20H25N3O3/c24-18(23-12-11-20(26)10-4-3-5-14(20)13-23)9-8-17-21-16-7-2-1-6-15(16)19(25)22-17/h1-2,6-7,14,26H,3-5,8-13H2,(H,21,22,25)/t14-,20-/m1/s1. The molecule has 1 aromatic carbocycles. The lowest BCUT2D eigenvalue weighted by molar-refractivity contribution is -0.143. The molecule has 0 radical (unpaired) electrons. The summed E-state index contributed by atoms with van der Waals surface area (Å²) in [5.74, 6) is 0.828. The second-order valence-electron chi connectivity index (χ2n) is 7.67. The van der Waals surface area contributed by atoms with Crippen molar-refractivity contribution < 1.29 is 9.90 Å². The third-order valence-electron chi connectivity index (χ3n) is 6.02. The van der Waals surface area contributed by atoms with Crippen molar-refractivity contribution in [2.45, 2.75) is 50.5 Å². The van der Waals surface area contributed by atoms with E-state index in [0.717, 1.165) is 25.7 Å². The van der Waals surface area contributed by atoms with E-state index in [1.807, 2.05) is 23.1 Å². The number of nitrogens with zero attached hydrogens (tertiary/aromatic N) is 2. The van der Waals surface area contributed by atoms with E-state index in [0.29, 0.717) is 49.1 Å². The molecule has 0 bridgehead atoms. The van der Waals surface area contributed by atoms with Crippen LogP contribution >= 0.6 is 0 Å². The van der Waals surface area contributed by atoms with Crippen LogP contribution in [0.4, 0.5) is 0 Å². The van der Waals surface area contributed by atoms with Crippen LogP contribution in [0, 0.1) is 5.92 Å². The Hall–Kier alpha value is -2.21. The zero-order valence-electron chi connectivity index (χ0n) is 14.9. The van der Waals surface area contributed by atoms with Crippen molar-refractivity contribution in [3.63, 3.8) is 0 Å². The molecular formula is C20H25N3O3. The average molecular weight is 355 g/mol. The minimum Gasteiger partial charge on any atom is -0.389 e. The van der Waals surface area contributed by atoms with Crippen LogP contribution in [0.3, 0.4) is 0 Å². The van der Waals surface area contributed by atoms with Crippen molar-refractivity contribution in [3.05, 3.63) is 40.4 Å². The molecule has 4 rings (SSSR count). The van der Waals surface area contributed by atoms with Crippen LogP contribution in [0.2, 0.25) is 0 Å². The van der Waals surface area contributed by atoms with E-state index in [1.165, 1.54) is 0 Å². The number of hydrogen-bond donors (Lipinski definition) is 2. The van der Waals surface area contributed by atoms with Gasteiger partial charge in [-0.05, 0) is 31.4 Å². The number of benzene rings is 1. The molecule has 2 aromatic rings. The Balaban J connectivity index is 1.41. The van der Waals surface area contributed by atoms with E-state index in [2.05, 4.69) is 9.97 Å². The summed E-state index contributed by atoms with van der Waals surface area (Å²) in [6.07, 6.45) is 5.51. The molecule has 1 aliphatic carbocycles. The van der Waals surface area contributed by atoms with Gasteiger partial charge in [0, 0.05) is 31.8 Å². The van der Waals surface area contributed by atoms with E-state index in [1.54, 1.807) is 6.07 Å². The van der Waals surface area contributed by atoms with Gasteiger partial charge in [0.15, 0.2) is 0 Å². The maximum Gasteiger partial charge on any atom is 0.258 e. The molecule has 0 unspecified atom stereocenters. The number of H-pyrrole nitrogens is 1. The van der Waals surface area contributed by atoms with Crippen molar-refractivity contribution in [1.29, 1.82) is 0 Å². The molecule has 2 N–H and O–H groups in total. The summed E-state index contributed by atoms with van der Waals surface area (Å²) in [6.45, 7) is 1.27. The van der Waals surface area contributed by atoms with Gasteiger partial charge in [-0.3, -0.25) is 9.59 Å². The van der Waals surface area contributed by atoms with Crippen molar-refractivity contribution in [2.24, 2.45) is 5.92 Å². The number of likely N-dealkylation sites (tertiary alicyclic amines) is 1. The minimum atomic E-state index is -0.569. The molecule has 2 aliphatic rings. The van der Waals surface area contributed by atoms with Crippen LogP contribution in [-0.4, -0.2) is 44.6 Å². The van der Waals surface area contributed by atoms with Gasteiger partial charge in [0.1, 0.15) is 5.82 Å². The molecular weight excluding hydrogens is 330 g/mol. The fraction of sp³-hybridized carbons (Fsp3) is 0.550. The first-order valence-electron chi connectivity index (χ1n) is 9.53. The number of carbonyl (C=O) groups excluding carboxylic acids is 1. The maximum atomic E-state index is 12.6. The Morgan fingerprint density at radius 2 is 2.15 bits per heavy atom. The predicted molar refractivity (Wildman–Crippen MR) is 98.8 cm³/mol. The summed E-state index contributed by atoms with van der Waals surface area (Å²) in [5, 5.41) is 11.3. The van der Waals surface area contributed by atoms with Crippen LogP contribution in [0.25, 0.3) is 10.9 Å². The van der Waals surface area contributed by atoms with Gasteiger partial charge in [0.25, 0.3) is 5.56 Å². The number of carbonyl (C=O) groups is 1. The Labute approximate surface area is 152 Å². The molecule has 2 heterocycles. The van der Waals surface area contributed by atoms with E-state index in [4.69, 9.17) is 0 Å². The average Bonchev–Trinajstić information content (AvgIpc) is 2.65. The largest absolute Gasteiger partial charge is 0.389 e. The zero-order chi connectivity index (χ0) is 18.1. The number of aryl methyl sites for hydroxylation is 1. The normalized spacial score (nSPS) is 25.9. The molecule has 1 saturated heterocycles. The molecule has 0 spiro atoms. The number of nitrogens with one attached hydrogen (secondary N) is 1. The number of hydrogen-bond acceptors (Lipinski definition) is 4. The highest BCUT2D eigenvalue weighted by Crippen LogP contribution is 2.39. The minimum absolute atomic E-state index is 0.0773. The topological polar surface area (TPSA) is 86.3 Å². The highest BCUT2D eigenvalue weighted by molar-refractivity contribution is 5.78. The lowest BCUT2D eigenvalue weighted by atomic mass is 9.71. The summed E-state index contributed by atoms with van der Waals surface area (Å²) in [4.78, 5) is 33.9. The van der Waals surface area contributed by atoms with Gasteiger partial charge in [-0.1, -0.05) is 25.0 Å². The van der Waals surface area contributed by atoms with Crippen LogP contribution < -0.4 is 5.56 Å². The van der Waals surface area contributed by atoms with Gasteiger partial charge in [0.05, 0.1) is 16.5 Å². The zero-order valence-corrected chi connectivity index (χ0v) is 14.9. The lowest BCUT2D eigenvalue weighted by Crippen LogP contribution is -2.54. The molecule has 6 heteroatoms. The van der Waals surface area contributed by atoms with Gasteiger partial charge in [-0.2, -0.15) is 0 Å². The Kier molecular flexibility index (Phi) is 4.53. The van der Waals surface area contributed by atoms with E-state index >= 15 is 0 Å². The highest BCUT2D eigenvalue weighted by atomic mass is 16.3. The lowest BCUT2D eigenvalue weighted by Gasteiger charge is -2.47. The molecule has 2 fully saturated rings. The number of aromatic nitrogens is 2. The Morgan fingerprint density at radius 1 is 1.31 bits per heavy atom. The third kappa shape index (κ3) is 3.26. The molecule has 1 saturated carbocycles. The molecule has 26 heavy (non-hydrogen) atoms. The quantitative estimate of drug-likeness (QED) is 0.882. The summed E-state index contributed by atoms with van der Waals surface area (Å²) >= 11 is 0. The van der Waals surface area contributed by atoms with Crippen LogP contribution in [0.15, 0.2) is 29.1 Å². The van der Waals surface area contributed by atoms with Crippen LogP contribution in [-0.2, 0) is 11.2 Å². The molecule has 138 valence electrons. The number of fused-ring (bicyclic) bond motifs is 2. The van der Waals surface area contributed by atoms with E-state index in [9.17, 15) is 14.7 Å². The molecule has 1 aliphatic heterocycles. The van der Waals surface area contributed by atoms with Crippen molar-refractivity contribution in [1.82, 2.24) is 14.9 Å². The summed E-state index contributed by atoms with van der Waals surface area (Å²) in [7, 11) is 0. The van der Waals surface area contributed by atoms with Crippen LogP contribution in [0.1, 0.15) is 44.3 Å². The van der Waals surface area contributed by atoms with Crippen molar-refractivity contribution in [2.75, 3.05) is 13.1 Å². The Morgan fingerprint density at radius 3 is 3.04 bits per heavy atom. The monoisotopic (exact) mass is 355 g/mol.